The third kappa shape index (κ3) is 4.66. The first-order valence-electron chi connectivity index (χ1n) is 10.6. The monoisotopic (exact) mass is 399 g/mol. The van der Waals surface area contributed by atoms with Crippen molar-refractivity contribution in [3.05, 3.63) is 107 Å². The van der Waals surface area contributed by atoms with Crippen LogP contribution in [-0.2, 0) is 13.1 Å². The highest BCUT2D eigenvalue weighted by atomic mass is 16.2. The van der Waals surface area contributed by atoms with Gasteiger partial charge in [-0.15, -0.1) is 0 Å². The molecule has 1 heterocycles. The number of quaternary nitrogens is 1. The molecule has 0 atom stereocenters. The molecule has 30 heavy (non-hydrogen) atoms. The first kappa shape index (κ1) is 20.0. The van der Waals surface area contributed by atoms with Gasteiger partial charge in [0.05, 0.1) is 17.7 Å². The molecule has 1 N–H and O–H groups in total. The number of nitrogens with one attached hydrogen (secondary N) is 1. The highest BCUT2D eigenvalue weighted by Crippen LogP contribution is 2.22. The Morgan fingerprint density at radius 1 is 0.600 bits per heavy atom. The minimum atomic E-state index is -0.159. The quantitative estimate of drug-likeness (QED) is 0.443. The van der Waals surface area contributed by atoms with E-state index in [1.165, 1.54) is 20.9 Å². The van der Waals surface area contributed by atoms with Gasteiger partial charge in [0, 0.05) is 17.7 Å². The lowest BCUT2D eigenvalue weighted by atomic mass is 10.1. The van der Waals surface area contributed by atoms with Crippen LogP contribution in [0.25, 0.3) is 0 Å². The van der Waals surface area contributed by atoms with Gasteiger partial charge < -0.3 is 4.90 Å². The largest absolute Gasteiger partial charge is 0.327 e. The van der Waals surface area contributed by atoms with E-state index in [1.807, 2.05) is 24.3 Å². The lowest BCUT2D eigenvalue weighted by Gasteiger charge is -2.21. The standard InChI is InChI=1S/C26H26N2O2/c29-25-23-15-7-8-16-24(23)26(30)28(25)18-10-9-17-27(19-21-11-3-1-4-12-21)20-22-13-5-2-6-14-22/h1-8,11-16H,9-10,17-20H2/p+1. The maximum Gasteiger partial charge on any atom is 0.261 e. The summed E-state index contributed by atoms with van der Waals surface area (Å²) in [6.07, 6.45) is 1.78. The summed E-state index contributed by atoms with van der Waals surface area (Å²) in [5, 5.41) is 0. The number of benzene rings is 3. The molecule has 4 heteroatoms. The van der Waals surface area contributed by atoms with Crippen molar-refractivity contribution in [1.82, 2.24) is 4.90 Å². The van der Waals surface area contributed by atoms with E-state index in [0.29, 0.717) is 17.7 Å². The number of carbonyl (C=O) groups is 2. The van der Waals surface area contributed by atoms with Crippen LogP contribution in [0.5, 0.6) is 0 Å². The zero-order valence-electron chi connectivity index (χ0n) is 17.1. The van der Waals surface area contributed by atoms with E-state index in [1.54, 1.807) is 12.1 Å². The van der Waals surface area contributed by atoms with Gasteiger partial charge in [-0.3, -0.25) is 14.5 Å². The third-order valence-electron chi connectivity index (χ3n) is 5.63. The van der Waals surface area contributed by atoms with Crippen LogP contribution >= 0.6 is 0 Å². The van der Waals surface area contributed by atoms with Crippen LogP contribution in [0.4, 0.5) is 0 Å². The van der Waals surface area contributed by atoms with Crippen LogP contribution < -0.4 is 4.90 Å². The number of rotatable bonds is 9. The van der Waals surface area contributed by atoms with Gasteiger partial charge in [-0.2, -0.15) is 0 Å². The summed E-state index contributed by atoms with van der Waals surface area (Å²) >= 11 is 0. The van der Waals surface area contributed by atoms with E-state index in [-0.39, 0.29) is 11.8 Å². The van der Waals surface area contributed by atoms with Crippen molar-refractivity contribution in [2.45, 2.75) is 25.9 Å². The Morgan fingerprint density at radius 2 is 1.07 bits per heavy atom. The average molecular weight is 400 g/mol. The molecule has 0 aliphatic carbocycles. The lowest BCUT2D eigenvalue weighted by Crippen LogP contribution is -3.09. The molecule has 0 saturated carbocycles. The number of fused-ring (bicyclic) bond motifs is 1. The molecular formula is C26H27N2O2+. The number of amides is 2. The van der Waals surface area contributed by atoms with E-state index in [9.17, 15) is 9.59 Å². The van der Waals surface area contributed by atoms with Gasteiger partial charge in [-0.05, 0) is 25.0 Å². The highest BCUT2D eigenvalue weighted by molar-refractivity contribution is 6.21. The molecule has 4 rings (SSSR count). The first-order chi connectivity index (χ1) is 14.7. The third-order valence-corrected chi connectivity index (χ3v) is 5.63. The molecule has 0 saturated heterocycles. The zero-order valence-corrected chi connectivity index (χ0v) is 17.1. The van der Waals surface area contributed by atoms with E-state index in [4.69, 9.17) is 0 Å². The topological polar surface area (TPSA) is 41.8 Å². The Balaban J connectivity index is 1.33. The van der Waals surface area contributed by atoms with Gasteiger partial charge in [-0.25, -0.2) is 0 Å². The van der Waals surface area contributed by atoms with Crippen LogP contribution in [0, 0.1) is 0 Å². The minimum absolute atomic E-state index is 0.159. The number of imide groups is 1. The summed E-state index contributed by atoms with van der Waals surface area (Å²) in [6.45, 7) is 3.40. The fourth-order valence-electron chi connectivity index (χ4n) is 4.10. The van der Waals surface area contributed by atoms with E-state index in [2.05, 4.69) is 48.5 Å². The van der Waals surface area contributed by atoms with Gasteiger partial charge >= 0.3 is 0 Å². The summed E-state index contributed by atoms with van der Waals surface area (Å²) in [6, 6.07) is 28.2. The summed E-state index contributed by atoms with van der Waals surface area (Å²) < 4.78 is 0. The van der Waals surface area contributed by atoms with Crippen molar-refractivity contribution in [2.75, 3.05) is 13.1 Å². The van der Waals surface area contributed by atoms with Crippen molar-refractivity contribution >= 4 is 11.8 Å². The van der Waals surface area contributed by atoms with Crippen LogP contribution in [-0.4, -0.2) is 29.8 Å². The Hall–Kier alpha value is -3.24. The van der Waals surface area contributed by atoms with Gasteiger partial charge in [0.25, 0.3) is 11.8 Å². The van der Waals surface area contributed by atoms with Gasteiger partial charge in [0.15, 0.2) is 0 Å². The maximum absolute atomic E-state index is 12.5. The van der Waals surface area contributed by atoms with E-state index < -0.39 is 0 Å². The Kier molecular flexibility index (Phi) is 6.35. The first-order valence-corrected chi connectivity index (χ1v) is 10.6. The molecule has 0 unspecified atom stereocenters. The minimum Gasteiger partial charge on any atom is -0.327 e. The number of hydrogen-bond donors (Lipinski definition) is 1. The van der Waals surface area contributed by atoms with Crippen molar-refractivity contribution < 1.29 is 14.5 Å². The van der Waals surface area contributed by atoms with Crippen molar-refractivity contribution in [3.8, 4) is 0 Å². The molecule has 0 radical (unpaired) electrons. The predicted octanol–water partition coefficient (Wildman–Crippen LogP) is 3.35. The Labute approximate surface area is 177 Å². The normalized spacial score (nSPS) is 13.2. The SMILES string of the molecule is O=C1c2ccccc2C(=O)N1CCCC[NH+](Cc1ccccc1)Cc1ccccc1. The van der Waals surface area contributed by atoms with Crippen LogP contribution in [0.15, 0.2) is 84.9 Å². The molecule has 0 spiro atoms. The summed E-state index contributed by atoms with van der Waals surface area (Å²) in [5.41, 5.74) is 3.71. The number of unbranched alkanes of at least 4 members (excludes halogenated alkanes) is 1. The molecule has 1 aliphatic heterocycles. The van der Waals surface area contributed by atoms with Crippen LogP contribution in [0.3, 0.4) is 0 Å². The molecule has 3 aromatic rings. The highest BCUT2D eigenvalue weighted by Gasteiger charge is 2.34. The molecule has 3 aromatic carbocycles. The molecule has 4 nitrogen and oxygen atoms in total. The maximum atomic E-state index is 12.5. The summed E-state index contributed by atoms with van der Waals surface area (Å²) in [4.78, 5) is 27.9. The van der Waals surface area contributed by atoms with Gasteiger partial charge in [0.1, 0.15) is 13.1 Å². The number of hydrogen-bond acceptors (Lipinski definition) is 2. The zero-order chi connectivity index (χ0) is 20.8. The number of carbonyl (C=O) groups excluding carboxylic acids is 2. The summed E-state index contributed by atoms with van der Waals surface area (Å²) in [7, 11) is 0. The predicted molar refractivity (Wildman–Crippen MR) is 117 cm³/mol. The fraction of sp³-hybridized carbons (Fsp3) is 0.231. The fourth-order valence-corrected chi connectivity index (χ4v) is 4.10. The van der Waals surface area contributed by atoms with E-state index in [0.717, 1.165) is 32.5 Å². The molecule has 2 amide bonds. The Morgan fingerprint density at radius 3 is 1.57 bits per heavy atom. The lowest BCUT2D eigenvalue weighted by molar-refractivity contribution is -0.927. The summed E-state index contributed by atoms with van der Waals surface area (Å²) in [5.74, 6) is -0.318. The second-order valence-electron chi connectivity index (χ2n) is 7.84. The van der Waals surface area contributed by atoms with Crippen molar-refractivity contribution in [1.29, 1.82) is 0 Å². The molecule has 0 aromatic heterocycles. The van der Waals surface area contributed by atoms with Gasteiger partial charge in [-0.1, -0.05) is 72.8 Å². The van der Waals surface area contributed by atoms with Gasteiger partial charge in [0.2, 0.25) is 0 Å². The molecule has 152 valence electrons. The Bertz CT molecular complexity index is 925. The molecule has 0 bridgehead atoms. The van der Waals surface area contributed by atoms with Crippen LogP contribution in [0.1, 0.15) is 44.7 Å². The van der Waals surface area contributed by atoms with Crippen molar-refractivity contribution in [2.24, 2.45) is 0 Å². The second kappa shape index (κ2) is 9.51. The van der Waals surface area contributed by atoms with Crippen LogP contribution in [0.2, 0.25) is 0 Å². The smallest absolute Gasteiger partial charge is 0.261 e. The van der Waals surface area contributed by atoms with Crippen molar-refractivity contribution in [3.63, 3.8) is 0 Å². The molecular weight excluding hydrogens is 372 g/mol. The average Bonchev–Trinajstić information content (AvgIpc) is 3.03. The molecule has 0 fully saturated rings. The second-order valence-corrected chi connectivity index (χ2v) is 7.84. The molecule has 1 aliphatic rings. The van der Waals surface area contributed by atoms with E-state index >= 15 is 0 Å². The number of nitrogens with zero attached hydrogens (tertiary/aromatic N) is 1.